The van der Waals surface area contributed by atoms with Crippen molar-refractivity contribution in [1.82, 2.24) is 14.5 Å². The van der Waals surface area contributed by atoms with Gasteiger partial charge < -0.3 is 25.2 Å². The van der Waals surface area contributed by atoms with Crippen molar-refractivity contribution in [2.75, 3.05) is 26.7 Å². The first-order chi connectivity index (χ1) is 15.4. The number of aliphatic hydroxyl groups is 2. The van der Waals surface area contributed by atoms with Crippen LogP contribution in [-0.4, -0.2) is 84.9 Å². The number of nitrogens with zero attached hydrogens (tertiary/aromatic N) is 2. The first-order valence-corrected chi connectivity index (χ1v) is 12.5. The van der Waals surface area contributed by atoms with Crippen LogP contribution < -0.4 is 10.1 Å². The average Bonchev–Trinajstić information content (AvgIpc) is 2.73. The minimum atomic E-state index is -3.96. The average molecular weight is 482 g/mol. The Bertz CT molecular complexity index is 999. The zero-order valence-electron chi connectivity index (χ0n) is 20.1. The summed E-state index contributed by atoms with van der Waals surface area (Å²) in [5, 5.41) is 22.0. The van der Waals surface area contributed by atoms with E-state index in [1.165, 1.54) is 28.3 Å². The number of rotatable bonds is 5. The molecule has 1 aromatic rings. The van der Waals surface area contributed by atoms with Gasteiger partial charge in [-0.15, -0.1) is 0 Å². The summed E-state index contributed by atoms with van der Waals surface area (Å²) in [6.07, 6.45) is -1.35. The van der Waals surface area contributed by atoms with Crippen molar-refractivity contribution in [2.24, 2.45) is 5.92 Å². The van der Waals surface area contributed by atoms with Gasteiger partial charge in [0.1, 0.15) is 22.9 Å². The summed E-state index contributed by atoms with van der Waals surface area (Å²) < 4.78 is 34.4. The van der Waals surface area contributed by atoms with E-state index in [2.05, 4.69) is 17.2 Å². The molecular formula is C23H35N3O6S. The molecule has 33 heavy (non-hydrogen) atoms. The number of hydrogen-bond donors (Lipinski definition) is 3. The Kier molecular flexibility index (Phi) is 9.14. The molecule has 0 fully saturated rings. The first kappa shape index (κ1) is 26.9. The number of ether oxygens (including phenoxy) is 1. The number of aliphatic hydroxyl groups excluding tert-OH is 2. The summed E-state index contributed by atoms with van der Waals surface area (Å²) in [6, 6.07) is 3.59. The minimum absolute atomic E-state index is 0.0301. The van der Waals surface area contributed by atoms with Crippen LogP contribution in [0.15, 0.2) is 23.1 Å². The molecule has 9 nitrogen and oxygen atoms in total. The van der Waals surface area contributed by atoms with Crippen LogP contribution in [0.1, 0.15) is 40.2 Å². The molecule has 0 saturated carbocycles. The van der Waals surface area contributed by atoms with Crippen molar-refractivity contribution in [3.8, 4) is 17.6 Å². The van der Waals surface area contributed by atoms with Gasteiger partial charge in [0, 0.05) is 37.2 Å². The number of benzene rings is 1. The Balaban J connectivity index is 2.53. The van der Waals surface area contributed by atoms with Crippen LogP contribution in [0.2, 0.25) is 0 Å². The fourth-order valence-corrected chi connectivity index (χ4v) is 5.24. The number of carbonyl (C=O) groups excluding carboxylic acids is 1. The quantitative estimate of drug-likeness (QED) is 0.545. The Morgan fingerprint density at radius 3 is 2.58 bits per heavy atom. The molecule has 2 rings (SSSR count). The molecule has 2 amide bonds. The number of sulfonamides is 1. The predicted molar refractivity (Wildman–Crippen MR) is 125 cm³/mol. The van der Waals surface area contributed by atoms with E-state index in [1.54, 1.807) is 20.0 Å². The first-order valence-electron chi connectivity index (χ1n) is 11.0. The molecule has 184 valence electrons. The molecule has 0 saturated heterocycles. The van der Waals surface area contributed by atoms with E-state index in [1.807, 2.05) is 20.8 Å². The molecule has 0 aromatic heterocycles. The maximum Gasteiger partial charge on any atom is 0.317 e. The van der Waals surface area contributed by atoms with Gasteiger partial charge >= 0.3 is 6.03 Å². The molecule has 4 atom stereocenters. The maximum absolute atomic E-state index is 13.4. The fourth-order valence-electron chi connectivity index (χ4n) is 3.42. The van der Waals surface area contributed by atoms with Gasteiger partial charge in [-0.3, -0.25) is 0 Å². The van der Waals surface area contributed by atoms with Crippen molar-refractivity contribution in [3.05, 3.63) is 23.8 Å². The summed E-state index contributed by atoms with van der Waals surface area (Å²) in [4.78, 5) is 13.9. The molecular weight excluding hydrogens is 446 g/mol. The van der Waals surface area contributed by atoms with Gasteiger partial charge in [0.15, 0.2) is 0 Å². The number of likely N-dealkylation sites (N-methyl/N-ethyl adjacent to an activating group) is 1. The summed E-state index contributed by atoms with van der Waals surface area (Å²) >= 11 is 0. The van der Waals surface area contributed by atoms with Gasteiger partial charge in [-0.1, -0.05) is 18.8 Å². The predicted octanol–water partition coefficient (Wildman–Crippen LogP) is 1.24. The van der Waals surface area contributed by atoms with Gasteiger partial charge in [0.05, 0.1) is 13.2 Å². The van der Waals surface area contributed by atoms with E-state index in [0.717, 1.165) is 0 Å². The van der Waals surface area contributed by atoms with Gasteiger partial charge in [0.2, 0.25) is 10.0 Å². The molecule has 1 aromatic carbocycles. The number of carbonyl (C=O) groups is 1. The lowest BCUT2D eigenvalue weighted by Gasteiger charge is -2.37. The molecule has 0 spiro atoms. The van der Waals surface area contributed by atoms with Crippen LogP contribution in [0.25, 0.3) is 0 Å². The van der Waals surface area contributed by atoms with Crippen LogP contribution in [0.5, 0.6) is 5.75 Å². The molecule has 0 radical (unpaired) electrons. The standard InChI is InChI=1S/C23H35N3O6S/c1-15(2)24-23(29)25(6)13-21-16(3)12-26(17(4)14-27)33(30,31)22-10-9-19(8-7-18(5)28)11-20(22)32-21/h9-11,15-18,21,27-28H,12-14H2,1-6H3,(H,24,29)/t16-,17-,18+,21+/m0/s1. The summed E-state index contributed by atoms with van der Waals surface area (Å²) in [6.45, 7) is 8.78. The highest BCUT2D eigenvalue weighted by molar-refractivity contribution is 7.89. The molecule has 0 aliphatic carbocycles. The number of urea groups is 1. The van der Waals surface area contributed by atoms with E-state index in [4.69, 9.17) is 4.74 Å². The lowest BCUT2D eigenvalue weighted by Crippen LogP contribution is -2.51. The Morgan fingerprint density at radius 1 is 1.33 bits per heavy atom. The van der Waals surface area contributed by atoms with E-state index >= 15 is 0 Å². The molecule has 1 aliphatic rings. The zero-order valence-corrected chi connectivity index (χ0v) is 20.9. The summed E-state index contributed by atoms with van der Waals surface area (Å²) in [5.74, 6) is 5.27. The van der Waals surface area contributed by atoms with Gasteiger partial charge in [-0.2, -0.15) is 4.31 Å². The van der Waals surface area contributed by atoms with Gasteiger partial charge in [-0.25, -0.2) is 13.2 Å². The highest BCUT2D eigenvalue weighted by Gasteiger charge is 2.38. The normalized spacial score (nSPS) is 22.0. The monoisotopic (exact) mass is 481 g/mol. The Morgan fingerprint density at radius 2 is 2.00 bits per heavy atom. The third-order valence-electron chi connectivity index (χ3n) is 5.31. The molecule has 0 unspecified atom stereocenters. The van der Waals surface area contributed by atoms with E-state index in [0.29, 0.717) is 5.56 Å². The van der Waals surface area contributed by atoms with E-state index in [-0.39, 0.29) is 48.3 Å². The van der Waals surface area contributed by atoms with Crippen molar-refractivity contribution < 1.29 is 28.2 Å². The van der Waals surface area contributed by atoms with Crippen LogP contribution >= 0.6 is 0 Å². The zero-order chi connectivity index (χ0) is 24.9. The highest BCUT2D eigenvalue weighted by Crippen LogP contribution is 2.34. The lowest BCUT2D eigenvalue weighted by molar-refractivity contribution is 0.0809. The molecule has 0 bridgehead atoms. The SMILES string of the molecule is CC(C)NC(=O)N(C)C[C@H]1Oc2cc(C#C[C@@H](C)O)ccc2S(=O)(=O)N([C@@H](C)CO)C[C@@H]1C. The second-order valence-corrected chi connectivity index (χ2v) is 10.7. The van der Waals surface area contributed by atoms with E-state index in [9.17, 15) is 23.4 Å². The molecule has 10 heteroatoms. The summed E-state index contributed by atoms with van der Waals surface area (Å²) in [5.41, 5.74) is 0.490. The smallest absolute Gasteiger partial charge is 0.317 e. The second kappa shape index (κ2) is 11.2. The van der Waals surface area contributed by atoms with Crippen LogP contribution in [0.4, 0.5) is 4.79 Å². The number of amides is 2. The highest BCUT2D eigenvalue weighted by atomic mass is 32.2. The molecule has 1 aliphatic heterocycles. The third kappa shape index (κ3) is 6.84. The van der Waals surface area contributed by atoms with Crippen LogP contribution in [-0.2, 0) is 10.0 Å². The fraction of sp³-hybridized carbons (Fsp3) is 0.609. The van der Waals surface area contributed by atoms with Crippen molar-refractivity contribution >= 4 is 16.1 Å². The summed E-state index contributed by atoms with van der Waals surface area (Å²) in [7, 11) is -2.31. The number of hydrogen-bond acceptors (Lipinski definition) is 6. The van der Waals surface area contributed by atoms with Crippen LogP contribution in [0, 0.1) is 17.8 Å². The largest absolute Gasteiger partial charge is 0.487 e. The second-order valence-electron chi connectivity index (χ2n) is 8.83. The van der Waals surface area contributed by atoms with Crippen molar-refractivity contribution in [1.29, 1.82) is 0 Å². The van der Waals surface area contributed by atoms with Gasteiger partial charge in [0.25, 0.3) is 0 Å². The van der Waals surface area contributed by atoms with Crippen molar-refractivity contribution in [3.63, 3.8) is 0 Å². The number of fused-ring (bicyclic) bond motifs is 1. The van der Waals surface area contributed by atoms with Gasteiger partial charge in [-0.05, 0) is 45.9 Å². The van der Waals surface area contributed by atoms with E-state index < -0.39 is 28.3 Å². The third-order valence-corrected chi connectivity index (χ3v) is 7.32. The minimum Gasteiger partial charge on any atom is -0.487 e. The van der Waals surface area contributed by atoms with Crippen molar-refractivity contribution in [2.45, 2.75) is 63.8 Å². The lowest BCUT2D eigenvalue weighted by atomic mass is 10.0. The number of nitrogens with one attached hydrogen (secondary N) is 1. The van der Waals surface area contributed by atoms with Crippen LogP contribution in [0.3, 0.4) is 0 Å². The Labute approximate surface area is 196 Å². The maximum atomic E-state index is 13.4. The topological polar surface area (TPSA) is 119 Å². The molecule has 3 N–H and O–H groups in total. The Hall–Kier alpha value is -2.32. The molecule has 1 heterocycles.